The molecule has 3 heterocycles. The average molecular weight is 366 g/mol. The van der Waals surface area contributed by atoms with Crippen LogP contribution in [0, 0.1) is 0 Å². The fraction of sp³-hybridized carbons (Fsp3) is 0.316. The van der Waals surface area contributed by atoms with E-state index in [-0.39, 0.29) is 0 Å². The minimum Gasteiger partial charge on any atom is -0.310 e. The van der Waals surface area contributed by atoms with Gasteiger partial charge in [0.15, 0.2) is 11.2 Å². The molecule has 4 aromatic rings. The summed E-state index contributed by atoms with van der Waals surface area (Å²) in [4.78, 5) is 33.5. The number of aromatic amines is 1. The van der Waals surface area contributed by atoms with Crippen LogP contribution >= 0.6 is 0 Å². The van der Waals surface area contributed by atoms with Gasteiger partial charge in [0.1, 0.15) is 0 Å². The zero-order chi connectivity index (χ0) is 19.1. The van der Waals surface area contributed by atoms with Gasteiger partial charge in [-0.1, -0.05) is 30.3 Å². The Morgan fingerprint density at radius 1 is 1.15 bits per heavy atom. The van der Waals surface area contributed by atoms with Crippen molar-refractivity contribution in [3.05, 3.63) is 57.4 Å². The lowest BCUT2D eigenvalue weighted by atomic mass is 10.1. The summed E-state index contributed by atoms with van der Waals surface area (Å²) in [6.45, 7) is 1.70. The van der Waals surface area contributed by atoms with Crippen LogP contribution in [0.25, 0.3) is 28.2 Å². The molecule has 8 nitrogen and oxygen atoms in total. The highest BCUT2D eigenvalue weighted by Gasteiger charge is 2.19. The van der Waals surface area contributed by atoms with E-state index in [0.29, 0.717) is 16.9 Å². The van der Waals surface area contributed by atoms with Gasteiger partial charge >= 0.3 is 5.69 Å². The van der Waals surface area contributed by atoms with Crippen molar-refractivity contribution in [1.29, 1.82) is 0 Å². The second-order valence-corrected chi connectivity index (χ2v) is 6.96. The largest absolute Gasteiger partial charge is 0.329 e. The van der Waals surface area contributed by atoms with Crippen LogP contribution in [0.1, 0.15) is 6.42 Å². The summed E-state index contributed by atoms with van der Waals surface area (Å²) < 4.78 is 5.27. The Morgan fingerprint density at radius 2 is 1.89 bits per heavy atom. The first-order chi connectivity index (χ1) is 13.0. The van der Waals surface area contributed by atoms with Crippen LogP contribution in [0.3, 0.4) is 0 Å². The summed E-state index contributed by atoms with van der Waals surface area (Å²) in [6.07, 6.45) is 2.87. The van der Waals surface area contributed by atoms with Gasteiger partial charge in [-0.3, -0.25) is 18.7 Å². The Bertz CT molecular complexity index is 1230. The Morgan fingerprint density at radius 3 is 2.59 bits per heavy atom. The van der Waals surface area contributed by atoms with Crippen molar-refractivity contribution >= 4 is 16.9 Å². The highest BCUT2D eigenvalue weighted by molar-refractivity contribution is 5.77. The fourth-order valence-electron chi connectivity index (χ4n) is 3.41. The molecular formula is C19H22N6O2. The van der Waals surface area contributed by atoms with Gasteiger partial charge in [-0.2, -0.15) is 4.98 Å². The number of aryl methyl sites for hydroxylation is 2. The summed E-state index contributed by atoms with van der Waals surface area (Å²) in [5, 5.41) is 0. The number of aromatic nitrogens is 5. The molecule has 0 aliphatic heterocycles. The number of benzene rings is 1. The Kier molecular flexibility index (Phi) is 4.19. The maximum atomic E-state index is 12.4. The standard InChI is InChI=1S/C19H22N6O2/c1-22(2)10-7-11-24-14(13-8-5-4-6-9-13)12-25-15-16(20-18(24)25)23(3)19(27)21-17(15)26/h4-6,8-9,12H,7,10-11H2,1-3H3,(H,21,26,27). The van der Waals surface area contributed by atoms with Crippen LogP contribution in [0.2, 0.25) is 0 Å². The van der Waals surface area contributed by atoms with Gasteiger partial charge in [0.2, 0.25) is 5.78 Å². The maximum absolute atomic E-state index is 12.4. The number of rotatable bonds is 5. The van der Waals surface area contributed by atoms with Crippen LogP contribution in [0.5, 0.6) is 0 Å². The predicted molar refractivity (Wildman–Crippen MR) is 105 cm³/mol. The van der Waals surface area contributed by atoms with E-state index < -0.39 is 11.2 Å². The quantitative estimate of drug-likeness (QED) is 0.577. The van der Waals surface area contributed by atoms with Crippen molar-refractivity contribution < 1.29 is 0 Å². The molecule has 0 aliphatic rings. The van der Waals surface area contributed by atoms with Crippen LogP contribution in [0.4, 0.5) is 0 Å². The molecular weight excluding hydrogens is 344 g/mol. The van der Waals surface area contributed by atoms with E-state index in [4.69, 9.17) is 0 Å². The van der Waals surface area contributed by atoms with Gasteiger partial charge in [-0.25, -0.2) is 4.79 Å². The van der Waals surface area contributed by atoms with Gasteiger partial charge in [-0.15, -0.1) is 0 Å². The summed E-state index contributed by atoms with van der Waals surface area (Å²) >= 11 is 0. The molecule has 0 bridgehead atoms. The molecule has 0 atom stereocenters. The van der Waals surface area contributed by atoms with Crippen LogP contribution in [-0.2, 0) is 13.6 Å². The number of hydrogen-bond donors (Lipinski definition) is 1. The van der Waals surface area contributed by atoms with Crippen LogP contribution in [0.15, 0.2) is 46.1 Å². The third-order valence-corrected chi connectivity index (χ3v) is 4.77. The lowest BCUT2D eigenvalue weighted by molar-refractivity contribution is 0.388. The lowest BCUT2D eigenvalue weighted by Crippen LogP contribution is -2.28. The number of fused-ring (bicyclic) bond motifs is 3. The molecule has 0 unspecified atom stereocenters. The van der Waals surface area contributed by atoms with E-state index in [0.717, 1.165) is 30.8 Å². The van der Waals surface area contributed by atoms with Crippen LogP contribution < -0.4 is 11.2 Å². The number of nitrogens with one attached hydrogen (secondary N) is 1. The molecule has 0 aliphatic carbocycles. The topological polar surface area (TPSA) is 80.3 Å². The van der Waals surface area contributed by atoms with Crippen molar-refractivity contribution in [1.82, 2.24) is 28.4 Å². The summed E-state index contributed by atoms with van der Waals surface area (Å²) in [5.41, 5.74) is 1.94. The molecule has 1 aromatic carbocycles. The van der Waals surface area contributed by atoms with Gasteiger partial charge < -0.3 is 9.47 Å². The summed E-state index contributed by atoms with van der Waals surface area (Å²) in [5.74, 6) is 0.661. The van der Waals surface area contributed by atoms with Gasteiger partial charge in [0.05, 0.1) is 5.69 Å². The van der Waals surface area contributed by atoms with E-state index in [9.17, 15) is 9.59 Å². The van der Waals surface area contributed by atoms with Crippen molar-refractivity contribution in [2.45, 2.75) is 13.0 Å². The minimum atomic E-state index is -0.462. The zero-order valence-electron chi connectivity index (χ0n) is 15.6. The molecule has 3 aromatic heterocycles. The fourth-order valence-corrected chi connectivity index (χ4v) is 3.41. The molecule has 0 saturated heterocycles. The first-order valence-electron chi connectivity index (χ1n) is 8.88. The lowest BCUT2D eigenvalue weighted by Gasteiger charge is -2.12. The summed E-state index contributed by atoms with van der Waals surface area (Å²) in [6, 6.07) is 10.0. The van der Waals surface area contributed by atoms with Gasteiger partial charge in [0, 0.05) is 19.8 Å². The Labute approximate surface area is 155 Å². The molecule has 0 fully saturated rings. The van der Waals surface area contributed by atoms with Crippen molar-refractivity contribution in [3.63, 3.8) is 0 Å². The monoisotopic (exact) mass is 366 g/mol. The summed E-state index contributed by atoms with van der Waals surface area (Å²) in [7, 11) is 5.70. The van der Waals surface area contributed by atoms with Gasteiger partial charge in [0.25, 0.3) is 5.56 Å². The van der Waals surface area contributed by atoms with Crippen LogP contribution in [-0.4, -0.2) is 49.0 Å². The number of hydrogen-bond acceptors (Lipinski definition) is 4. The molecule has 0 radical (unpaired) electrons. The predicted octanol–water partition coefficient (Wildman–Crippen LogP) is 1.29. The SMILES string of the molecule is CN(C)CCCn1c(-c2ccccc2)cn2c3c(=O)[nH]c(=O)n(C)c3nc12. The third-order valence-electron chi connectivity index (χ3n) is 4.77. The molecule has 27 heavy (non-hydrogen) atoms. The van der Waals surface area contributed by atoms with Gasteiger partial charge in [-0.05, 0) is 32.6 Å². The van der Waals surface area contributed by atoms with E-state index >= 15 is 0 Å². The highest BCUT2D eigenvalue weighted by Crippen LogP contribution is 2.25. The van der Waals surface area contributed by atoms with E-state index in [1.807, 2.05) is 50.6 Å². The Hall–Kier alpha value is -3.13. The third kappa shape index (κ3) is 2.87. The smallest absolute Gasteiger partial charge is 0.310 e. The average Bonchev–Trinajstić information content (AvgIpc) is 3.17. The van der Waals surface area contributed by atoms with E-state index in [1.165, 1.54) is 4.57 Å². The Balaban J connectivity index is 1.98. The second-order valence-electron chi connectivity index (χ2n) is 6.96. The molecule has 140 valence electrons. The number of H-pyrrole nitrogens is 1. The molecule has 8 heteroatoms. The maximum Gasteiger partial charge on any atom is 0.329 e. The first kappa shape index (κ1) is 17.3. The minimum absolute atomic E-state index is 0.385. The van der Waals surface area contributed by atoms with Crippen molar-refractivity contribution in [2.75, 3.05) is 20.6 Å². The zero-order valence-corrected chi connectivity index (χ0v) is 15.6. The molecule has 1 N–H and O–H groups in total. The second kappa shape index (κ2) is 6.55. The normalized spacial score (nSPS) is 11.9. The molecule has 0 amide bonds. The highest BCUT2D eigenvalue weighted by atomic mass is 16.2. The molecule has 0 saturated carbocycles. The van der Waals surface area contributed by atoms with Crippen molar-refractivity contribution in [3.8, 4) is 11.3 Å². The van der Waals surface area contributed by atoms with E-state index in [2.05, 4.69) is 19.4 Å². The van der Waals surface area contributed by atoms with Crippen molar-refractivity contribution in [2.24, 2.45) is 7.05 Å². The molecule has 0 spiro atoms. The van der Waals surface area contributed by atoms with E-state index in [1.54, 1.807) is 11.4 Å². The number of imidazole rings is 2. The molecule has 4 rings (SSSR count). The number of nitrogens with zero attached hydrogens (tertiary/aromatic N) is 5. The first-order valence-corrected chi connectivity index (χ1v) is 8.88.